The molecule has 2 saturated heterocycles. The first-order valence-electron chi connectivity index (χ1n) is 7.21. The average Bonchev–Trinajstić information content (AvgIpc) is 2.72. The van der Waals surface area contributed by atoms with Gasteiger partial charge in [0.2, 0.25) is 0 Å². The Morgan fingerprint density at radius 1 is 1.16 bits per heavy atom. The molecule has 0 saturated carbocycles. The zero-order chi connectivity index (χ0) is 14.2. The molecule has 19 heavy (non-hydrogen) atoms. The van der Waals surface area contributed by atoms with Crippen molar-refractivity contribution in [3.63, 3.8) is 0 Å². The minimum absolute atomic E-state index is 0.0953. The van der Waals surface area contributed by atoms with Gasteiger partial charge in [0, 0.05) is 18.6 Å². The van der Waals surface area contributed by atoms with Gasteiger partial charge in [-0.15, -0.1) is 0 Å². The highest BCUT2D eigenvalue weighted by atomic mass is 16.4. The number of carbonyl (C=O) groups is 2. The number of piperidine rings is 1. The van der Waals surface area contributed by atoms with E-state index in [1.807, 2.05) is 4.90 Å². The molecular weight excluding hydrogens is 244 g/mol. The molecule has 2 aliphatic heterocycles. The normalized spacial score (nSPS) is 35.5. The zero-order valence-corrected chi connectivity index (χ0v) is 12.1. The van der Waals surface area contributed by atoms with Crippen LogP contribution in [0, 0.1) is 0 Å². The third-order valence-corrected chi connectivity index (χ3v) is 4.75. The Balaban J connectivity index is 2.21. The quantitative estimate of drug-likeness (QED) is 0.794. The lowest BCUT2D eigenvalue weighted by molar-refractivity contribution is -0.147. The van der Waals surface area contributed by atoms with Crippen LogP contribution in [-0.2, 0) is 4.79 Å². The number of carboxylic acids is 1. The van der Waals surface area contributed by atoms with Gasteiger partial charge in [-0.1, -0.05) is 0 Å². The smallest absolute Gasteiger partial charge is 0.329 e. The Morgan fingerprint density at radius 2 is 1.74 bits per heavy atom. The number of carbonyl (C=O) groups excluding carboxylic acids is 1. The van der Waals surface area contributed by atoms with Crippen molar-refractivity contribution >= 4 is 12.0 Å². The minimum atomic E-state index is -1.03. The van der Waals surface area contributed by atoms with Crippen molar-refractivity contribution in [3.05, 3.63) is 0 Å². The van der Waals surface area contributed by atoms with Gasteiger partial charge >= 0.3 is 12.0 Å². The number of nitrogens with zero attached hydrogens (tertiary/aromatic N) is 2. The molecule has 1 unspecified atom stereocenters. The molecule has 0 spiro atoms. The van der Waals surface area contributed by atoms with E-state index in [-0.39, 0.29) is 18.1 Å². The van der Waals surface area contributed by atoms with Crippen molar-refractivity contribution in [2.45, 2.75) is 70.5 Å². The largest absolute Gasteiger partial charge is 0.480 e. The fourth-order valence-corrected chi connectivity index (χ4v) is 3.43. The molecule has 3 atom stereocenters. The Kier molecular flexibility index (Phi) is 3.74. The SMILES string of the molecule is C[C@@H]1CCC[C@H](C)N1C(=O)N1CCCC1(C)C(=O)O. The Morgan fingerprint density at radius 3 is 2.26 bits per heavy atom. The number of rotatable bonds is 1. The number of carboxylic acid groups (broad SMARTS) is 1. The molecular formula is C14H24N2O3. The van der Waals surface area contributed by atoms with E-state index in [1.165, 1.54) is 0 Å². The molecule has 2 heterocycles. The van der Waals surface area contributed by atoms with Crippen LogP contribution in [0.2, 0.25) is 0 Å². The van der Waals surface area contributed by atoms with Gasteiger partial charge in [0.05, 0.1) is 0 Å². The van der Waals surface area contributed by atoms with Gasteiger partial charge in [-0.25, -0.2) is 9.59 Å². The van der Waals surface area contributed by atoms with Gasteiger partial charge in [-0.05, 0) is 52.9 Å². The van der Waals surface area contributed by atoms with Crippen LogP contribution in [0.3, 0.4) is 0 Å². The molecule has 2 rings (SSSR count). The number of amides is 2. The van der Waals surface area contributed by atoms with Crippen LogP contribution in [0.15, 0.2) is 0 Å². The summed E-state index contributed by atoms with van der Waals surface area (Å²) in [5.74, 6) is -0.893. The first kappa shape index (κ1) is 14.2. The molecule has 0 radical (unpaired) electrons. The minimum Gasteiger partial charge on any atom is -0.480 e. The van der Waals surface area contributed by atoms with E-state index in [4.69, 9.17) is 0 Å². The van der Waals surface area contributed by atoms with Crippen molar-refractivity contribution < 1.29 is 14.7 Å². The summed E-state index contributed by atoms with van der Waals surface area (Å²) in [5, 5.41) is 9.41. The summed E-state index contributed by atoms with van der Waals surface area (Å²) in [5.41, 5.74) is -1.03. The van der Waals surface area contributed by atoms with E-state index in [0.29, 0.717) is 13.0 Å². The van der Waals surface area contributed by atoms with Crippen LogP contribution in [0.4, 0.5) is 4.79 Å². The fraction of sp³-hybridized carbons (Fsp3) is 0.857. The first-order valence-corrected chi connectivity index (χ1v) is 7.21. The van der Waals surface area contributed by atoms with Crippen LogP contribution in [0.25, 0.3) is 0 Å². The summed E-state index contributed by atoms with van der Waals surface area (Å²) in [7, 11) is 0. The standard InChI is InChI=1S/C14H24N2O3/c1-10-6-4-7-11(2)16(10)13(19)15-9-5-8-14(15,3)12(17)18/h10-11H,4-9H2,1-3H3,(H,17,18)/t10-,11+,14?. The highest BCUT2D eigenvalue weighted by molar-refractivity contribution is 5.87. The number of hydrogen-bond acceptors (Lipinski definition) is 2. The van der Waals surface area contributed by atoms with Gasteiger partial charge in [-0.3, -0.25) is 0 Å². The third-order valence-electron chi connectivity index (χ3n) is 4.75. The zero-order valence-electron chi connectivity index (χ0n) is 12.1. The summed E-state index contributed by atoms with van der Waals surface area (Å²) in [6.07, 6.45) is 4.47. The Bertz CT molecular complexity index is 375. The van der Waals surface area contributed by atoms with Gasteiger partial charge in [0.15, 0.2) is 0 Å². The predicted molar refractivity (Wildman–Crippen MR) is 72.0 cm³/mol. The lowest BCUT2D eigenvalue weighted by Gasteiger charge is -2.43. The van der Waals surface area contributed by atoms with Crippen LogP contribution in [0.1, 0.15) is 52.9 Å². The lowest BCUT2D eigenvalue weighted by atomic mass is 9.96. The summed E-state index contributed by atoms with van der Waals surface area (Å²) in [4.78, 5) is 27.6. The molecule has 0 aromatic carbocycles. The molecule has 5 heteroatoms. The van der Waals surface area contributed by atoms with Crippen LogP contribution in [0.5, 0.6) is 0 Å². The third kappa shape index (κ3) is 2.30. The number of aliphatic carboxylic acids is 1. The van der Waals surface area contributed by atoms with E-state index in [0.717, 1.165) is 25.7 Å². The molecule has 1 N–H and O–H groups in total. The van der Waals surface area contributed by atoms with E-state index in [2.05, 4.69) is 13.8 Å². The lowest BCUT2D eigenvalue weighted by Crippen LogP contribution is -2.59. The summed E-state index contributed by atoms with van der Waals surface area (Å²) >= 11 is 0. The maximum atomic E-state index is 12.7. The average molecular weight is 268 g/mol. The molecule has 2 aliphatic rings. The topological polar surface area (TPSA) is 60.9 Å². The Hall–Kier alpha value is -1.26. The van der Waals surface area contributed by atoms with E-state index < -0.39 is 11.5 Å². The molecule has 108 valence electrons. The molecule has 0 aromatic heterocycles. The van der Waals surface area contributed by atoms with Crippen molar-refractivity contribution in [1.82, 2.24) is 9.80 Å². The second kappa shape index (κ2) is 5.02. The summed E-state index contributed by atoms with van der Waals surface area (Å²) in [6, 6.07) is 0.312. The highest BCUT2D eigenvalue weighted by Crippen LogP contribution is 2.33. The summed E-state index contributed by atoms with van der Waals surface area (Å²) < 4.78 is 0. The van der Waals surface area contributed by atoms with E-state index in [1.54, 1.807) is 11.8 Å². The number of urea groups is 1. The molecule has 2 amide bonds. The van der Waals surface area contributed by atoms with Crippen LogP contribution < -0.4 is 0 Å². The van der Waals surface area contributed by atoms with Gasteiger partial charge < -0.3 is 14.9 Å². The molecule has 5 nitrogen and oxygen atoms in total. The molecule has 0 aromatic rings. The highest BCUT2D eigenvalue weighted by Gasteiger charge is 2.48. The number of hydrogen-bond donors (Lipinski definition) is 1. The second-order valence-corrected chi connectivity index (χ2v) is 6.15. The van der Waals surface area contributed by atoms with E-state index in [9.17, 15) is 14.7 Å². The number of likely N-dealkylation sites (tertiary alicyclic amines) is 2. The molecule has 0 bridgehead atoms. The van der Waals surface area contributed by atoms with Crippen molar-refractivity contribution in [2.75, 3.05) is 6.54 Å². The van der Waals surface area contributed by atoms with Crippen molar-refractivity contribution in [1.29, 1.82) is 0 Å². The predicted octanol–water partition coefficient (Wildman–Crippen LogP) is 2.31. The Labute approximate surface area is 114 Å². The first-order chi connectivity index (χ1) is 8.88. The van der Waals surface area contributed by atoms with Crippen LogP contribution >= 0.6 is 0 Å². The van der Waals surface area contributed by atoms with Crippen molar-refractivity contribution in [2.24, 2.45) is 0 Å². The molecule has 0 aliphatic carbocycles. The summed E-state index contributed by atoms with van der Waals surface area (Å²) in [6.45, 7) is 6.33. The fourth-order valence-electron chi connectivity index (χ4n) is 3.43. The monoisotopic (exact) mass is 268 g/mol. The second-order valence-electron chi connectivity index (χ2n) is 6.15. The maximum absolute atomic E-state index is 12.7. The van der Waals surface area contributed by atoms with Crippen LogP contribution in [-0.4, -0.2) is 51.1 Å². The molecule has 2 fully saturated rings. The van der Waals surface area contributed by atoms with Gasteiger partial charge in [0.25, 0.3) is 0 Å². The maximum Gasteiger partial charge on any atom is 0.329 e. The van der Waals surface area contributed by atoms with Gasteiger partial charge in [0.1, 0.15) is 5.54 Å². The van der Waals surface area contributed by atoms with Crippen molar-refractivity contribution in [3.8, 4) is 0 Å². The van der Waals surface area contributed by atoms with Gasteiger partial charge in [-0.2, -0.15) is 0 Å². The van der Waals surface area contributed by atoms with E-state index >= 15 is 0 Å².